The van der Waals surface area contributed by atoms with Crippen LogP contribution in [0.3, 0.4) is 0 Å². The topological polar surface area (TPSA) is 102 Å². The van der Waals surface area contributed by atoms with Crippen LogP contribution in [-0.2, 0) is 14.3 Å². The molecule has 0 aromatic rings. The fraction of sp³-hybridized carbons (Fsp3) is 0.833. The van der Waals surface area contributed by atoms with Crippen LogP contribution < -0.4 is 11.1 Å². The standard InChI is InChI=1S/C12H24N2O4/c1-8(2)4-9(6-13)5-11(16)14-7-10(15)12(17)18-3/h8-10,15H,4-7,13H2,1-3H3,(H,14,16)/t9-,10?/m0/s1. The molecule has 0 heterocycles. The Balaban J connectivity index is 3.98. The van der Waals surface area contributed by atoms with Crippen molar-refractivity contribution in [2.24, 2.45) is 17.6 Å². The lowest BCUT2D eigenvalue weighted by molar-refractivity contribution is -0.150. The van der Waals surface area contributed by atoms with Crippen LogP contribution in [0.4, 0.5) is 0 Å². The molecule has 0 fully saturated rings. The first-order valence-electron chi connectivity index (χ1n) is 6.13. The van der Waals surface area contributed by atoms with Crippen LogP contribution in [-0.4, -0.2) is 43.3 Å². The molecular weight excluding hydrogens is 236 g/mol. The first-order chi connectivity index (χ1) is 8.40. The minimum atomic E-state index is -1.32. The van der Waals surface area contributed by atoms with E-state index >= 15 is 0 Å². The van der Waals surface area contributed by atoms with Crippen LogP contribution in [0.2, 0.25) is 0 Å². The predicted molar refractivity (Wildman–Crippen MR) is 67.6 cm³/mol. The molecule has 0 aromatic heterocycles. The molecule has 6 nitrogen and oxygen atoms in total. The molecule has 0 aliphatic rings. The number of esters is 1. The molecule has 0 saturated carbocycles. The van der Waals surface area contributed by atoms with Crippen LogP contribution in [0, 0.1) is 11.8 Å². The van der Waals surface area contributed by atoms with Crippen LogP contribution in [0.1, 0.15) is 26.7 Å². The molecule has 0 aliphatic carbocycles. The van der Waals surface area contributed by atoms with Gasteiger partial charge in [-0.2, -0.15) is 0 Å². The largest absolute Gasteiger partial charge is 0.467 e. The van der Waals surface area contributed by atoms with E-state index in [0.29, 0.717) is 18.9 Å². The number of hydrogen-bond donors (Lipinski definition) is 3. The SMILES string of the molecule is COC(=O)C(O)CNC(=O)C[C@@H](CN)CC(C)C. The van der Waals surface area contributed by atoms with Gasteiger partial charge < -0.3 is 20.9 Å². The number of amides is 1. The highest BCUT2D eigenvalue weighted by Gasteiger charge is 2.18. The number of hydrogen-bond acceptors (Lipinski definition) is 5. The van der Waals surface area contributed by atoms with E-state index in [-0.39, 0.29) is 18.4 Å². The Morgan fingerprint density at radius 1 is 1.39 bits per heavy atom. The van der Waals surface area contributed by atoms with Gasteiger partial charge in [-0.1, -0.05) is 13.8 Å². The predicted octanol–water partition coefficient (Wildman–Crippen LogP) is -0.352. The lowest BCUT2D eigenvalue weighted by atomic mass is 9.94. The summed E-state index contributed by atoms with van der Waals surface area (Å²) in [4.78, 5) is 22.5. The highest BCUT2D eigenvalue weighted by atomic mass is 16.5. The molecule has 0 aliphatic heterocycles. The van der Waals surface area contributed by atoms with Gasteiger partial charge in [0.1, 0.15) is 0 Å². The van der Waals surface area contributed by atoms with Crippen LogP contribution >= 0.6 is 0 Å². The Labute approximate surface area is 108 Å². The van der Waals surface area contributed by atoms with E-state index in [2.05, 4.69) is 23.9 Å². The highest BCUT2D eigenvalue weighted by molar-refractivity contribution is 5.78. The van der Waals surface area contributed by atoms with E-state index in [9.17, 15) is 14.7 Å². The molecule has 1 amide bonds. The van der Waals surface area contributed by atoms with Crippen molar-refractivity contribution in [3.8, 4) is 0 Å². The van der Waals surface area contributed by atoms with E-state index in [1.54, 1.807) is 0 Å². The second-order valence-electron chi connectivity index (χ2n) is 4.78. The number of methoxy groups -OCH3 is 1. The van der Waals surface area contributed by atoms with Gasteiger partial charge in [0.05, 0.1) is 13.7 Å². The smallest absolute Gasteiger partial charge is 0.336 e. The normalized spacial score (nSPS) is 14.1. The minimum absolute atomic E-state index is 0.125. The molecule has 106 valence electrons. The van der Waals surface area contributed by atoms with Gasteiger partial charge in [-0.3, -0.25) is 4.79 Å². The Kier molecular flexibility index (Phi) is 8.32. The van der Waals surface area contributed by atoms with Crippen molar-refractivity contribution in [1.29, 1.82) is 0 Å². The zero-order valence-electron chi connectivity index (χ0n) is 11.3. The molecule has 0 bridgehead atoms. The molecule has 0 rings (SSSR count). The summed E-state index contributed by atoms with van der Waals surface area (Å²) in [6.45, 7) is 4.46. The third-order valence-electron chi connectivity index (χ3n) is 2.58. The van der Waals surface area contributed by atoms with Crippen molar-refractivity contribution in [1.82, 2.24) is 5.32 Å². The molecule has 1 unspecified atom stereocenters. The van der Waals surface area contributed by atoms with Gasteiger partial charge >= 0.3 is 5.97 Å². The molecule has 6 heteroatoms. The maximum atomic E-state index is 11.6. The molecule has 0 saturated heterocycles. The fourth-order valence-corrected chi connectivity index (χ4v) is 1.69. The summed E-state index contributed by atoms with van der Waals surface area (Å²) in [6.07, 6.45) is -0.133. The quantitative estimate of drug-likeness (QED) is 0.518. The second kappa shape index (κ2) is 8.88. The van der Waals surface area contributed by atoms with E-state index in [1.165, 1.54) is 7.11 Å². The molecule has 4 N–H and O–H groups in total. The van der Waals surface area contributed by atoms with Crippen LogP contribution in [0.15, 0.2) is 0 Å². The van der Waals surface area contributed by atoms with Gasteiger partial charge in [0, 0.05) is 6.42 Å². The van der Waals surface area contributed by atoms with Gasteiger partial charge in [-0.05, 0) is 24.8 Å². The Bertz CT molecular complexity index is 269. The lowest BCUT2D eigenvalue weighted by Gasteiger charge is -2.17. The third-order valence-corrected chi connectivity index (χ3v) is 2.58. The van der Waals surface area contributed by atoms with Gasteiger partial charge in [0.15, 0.2) is 6.10 Å². The van der Waals surface area contributed by atoms with Gasteiger partial charge in [-0.15, -0.1) is 0 Å². The number of carbonyl (C=O) groups is 2. The van der Waals surface area contributed by atoms with Crippen molar-refractivity contribution in [3.63, 3.8) is 0 Å². The number of nitrogens with one attached hydrogen (secondary N) is 1. The number of ether oxygens (including phenoxy) is 1. The number of rotatable bonds is 8. The zero-order chi connectivity index (χ0) is 14.1. The maximum absolute atomic E-state index is 11.6. The maximum Gasteiger partial charge on any atom is 0.336 e. The van der Waals surface area contributed by atoms with E-state index in [0.717, 1.165) is 6.42 Å². The summed E-state index contributed by atoms with van der Waals surface area (Å²) in [5.41, 5.74) is 5.59. The average molecular weight is 260 g/mol. The first kappa shape index (κ1) is 16.9. The molecule has 18 heavy (non-hydrogen) atoms. The van der Waals surface area contributed by atoms with Crippen molar-refractivity contribution >= 4 is 11.9 Å². The van der Waals surface area contributed by atoms with E-state index in [4.69, 9.17) is 5.73 Å². The molecule has 0 radical (unpaired) electrons. The summed E-state index contributed by atoms with van der Waals surface area (Å²) in [7, 11) is 1.18. The number of aliphatic hydroxyl groups is 1. The van der Waals surface area contributed by atoms with E-state index < -0.39 is 12.1 Å². The average Bonchev–Trinajstić information content (AvgIpc) is 2.33. The van der Waals surface area contributed by atoms with Crippen molar-refractivity contribution in [3.05, 3.63) is 0 Å². The van der Waals surface area contributed by atoms with Crippen LogP contribution in [0.25, 0.3) is 0 Å². The van der Waals surface area contributed by atoms with Gasteiger partial charge in [-0.25, -0.2) is 4.79 Å². The Morgan fingerprint density at radius 2 is 2.00 bits per heavy atom. The van der Waals surface area contributed by atoms with Gasteiger partial charge in [0.25, 0.3) is 0 Å². The summed E-state index contributed by atoms with van der Waals surface area (Å²) < 4.78 is 4.34. The Morgan fingerprint density at radius 3 is 2.44 bits per heavy atom. The summed E-state index contributed by atoms with van der Waals surface area (Å²) in [5, 5.41) is 11.8. The number of carbonyl (C=O) groups excluding carboxylic acids is 2. The van der Waals surface area contributed by atoms with Crippen molar-refractivity contribution in [2.75, 3.05) is 20.2 Å². The molecule has 0 aromatic carbocycles. The zero-order valence-corrected chi connectivity index (χ0v) is 11.3. The van der Waals surface area contributed by atoms with Crippen LogP contribution in [0.5, 0.6) is 0 Å². The molecular formula is C12H24N2O4. The first-order valence-corrected chi connectivity index (χ1v) is 6.13. The Hall–Kier alpha value is -1.14. The fourth-order valence-electron chi connectivity index (χ4n) is 1.69. The van der Waals surface area contributed by atoms with Crippen molar-refractivity contribution < 1.29 is 19.4 Å². The number of aliphatic hydroxyl groups excluding tert-OH is 1. The van der Waals surface area contributed by atoms with Crippen molar-refractivity contribution in [2.45, 2.75) is 32.8 Å². The lowest BCUT2D eigenvalue weighted by Crippen LogP contribution is -2.38. The summed E-state index contributed by atoms with van der Waals surface area (Å²) >= 11 is 0. The minimum Gasteiger partial charge on any atom is -0.467 e. The summed E-state index contributed by atoms with van der Waals surface area (Å²) in [6, 6.07) is 0. The molecule has 0 spiro atoms. The highest BCUT2D eigenvalue weighted by Crippen LogP contribution is 2.13. The molecule has 2 atom stereocenters. The third kappa shape index (κ3) is 7.24. The van der Waals surface area contributed by atoms with Gasteiger partial charge in [0.2, 0.25) is 5.91 Å². The summed E-state index contributed by atoms with van der Waals surface area (Å²) in [5.74, 6) is -0.366. The second-order valence-corrected chi connectivity index (χ2v) is 4.78. The number of nitrogens with two attached hydrogens (primary N) is 1. The van der Waals surface area contributed by atoms with E-state index in [1.807, 2.05) is 0 Å². The monoisotopic (exact) mass is 260 g/mol.